The Morgan fingerprint density at radius 3 is 2.44 bits per heavy atom. The first-order chi connectivity index (χ1) is 11.9. The van der Waals surface area contributed by atoms with Crippen LogP contribution in [-0.2, 0) is 4.74 Å². The first-order valence-corrected chi connectivity index (χ1v) is 8.90. The highest BCUT2D eigenvalue weighted by molar-refractivity contribution is 5.58. The summed E-state index contributed by atoms with van der Waals surface area (Å²) < 4.78 is 17.0. The normalized spacial score (nSPS) is 24.8. The molecule has 2 aliphatic rings. The second-order valence-corrected chi connectivity index (χ2v) is 7.67. The molecule has 0 bridgehead atoms. The van der Waals surface area contributed by atoms with Gasteiger partial charge in [-0.2, -0.15) is 0 Å². The van der Waals surface area contributed by atoms with Gasteiger partial charge < -0.3 is 14.2 Å². The molecule has 1 aliphatic heterocycles. The van der Waals surface area contributed by atoms with E-state index in [1.807, 2.05) is 30.4 Å². The van der Waals surface area contributed by atoms with Crippen LogP contribution in [0, 0.1) is 5.41 Å². The molecule has 0 aromatic heterocycles. The predicted molar refractivity (Wildman–Crippen MR) is 102 cm³/mol. The highest BCUT2D eigenvalue weighted by Crippen LogP contribution is 2.49. The molecular weight excluding hydrogens is 312 g/mol. The van der Waals surface area contributed by atoms with Crippen molar-refractivity contribution in [3.05, 3.63) is 53.3 Å². The summed E-state index contributed by atoms with van der Waals surface area (Å²) in [5.41, 5.74) is 2.48. The Hall–Kier alpha value is -2.16. The van der Waals surface area contributed by atoms with Crippen molar-refractivity contribution in [1.29, 1.82) is 0 Å². The van der Waals surface area contributed by atoms with Crippen molar-refractivity contribution >= 4 is 6.08 Å². The van der Waals surface area contributed by atoms with Crippen LogP contribution in [0.25, 0.3) is 6.08 Å². The van der Waals surface area contributed by atoms with E-state index in [1.165, 1.54) is 18.4 Å². The lowest BCUT2D eigenvalue weighted by molar-refractivity contribution is 0.00705. The lowest BCUT2D eigenvalue weighted by Gasteiger charge is -2.47. The summed E-state index contributed by atoms with van der Waals surface area (Å²) in [5, 5.41) is 0. The Balaban J connectivity index is 1.83. The third-order valence-corrected chi connectivity index (χ3v) is 5.36. The second-order valence-electron chi connectivity index (χ2n) is 7.67. The number of methoxy groups -OCH3 is 2. The van der Waals surface area contributed by atoms with Gasteiger partial charge in [0.1, 0.15) is 11.4 Å². The molecule has 0 spiro atoms. The molecule has 1 fully saturated rings. The zero-order valence-electron chi connectivity index (χ0n) is 15.9. The maximum absolute atomic E-state index is 6.39. The summed E-state index contributed by atoms with van der Waals surface area (Å²) >= 11 is 0. The third kappa shape index (κ3) is 3.46. The quantitative estimate of drug-likeness (QED) is 0.721. The monoisotopic (exact) mass is 340 g/mol. The highest BCUT2D eigenvalue weighted by atomic mass is 16.5. The number of rotatable bonds is 4. The van der Waals surface area contributed by atoms with Gasteiger partial charge in [-0.15, -0.1) is 0 Å². The van der Waals surface area contributed by atoms with Crippen molar-refractivity contribution in [2.24, 2.45) is 5.41 Å². The first-order valence-electron chi connectivity index (χ1n) is 8.90. The van der Waals surface area contributed by atoms with Gasteiger partial charge in [0.05, 0.1) is 14.2 Å². The molecule has 3 rings (SSSR count). The number of allylic oxidation sites excluding steroid dienone is 3. The van der Waals surface area contributed by atoms with Gasteiger partial charge in [-0.05, 0) is 67.0 Å². The van der Waals surface area contributed by atoms with E-state index >= 15 is 0 Å². The zero-order chi connectivity index (χ0) is 18.1. The molecule has 0 N–H and O–H groups in total. The molecule has 0 radical (unpaired) electrons. The first kappa shape index (κ1) is 17.7. The van der Waals surface area contributed by atoms with Crippen LogP contribution < -0.4 is 9.47 Å². The Bertz CT molecular complexity index is 740. The van der Waals surface area contributed by atoms with Crippen LogP contribution in [0.2, 0.25) is 0 Å². The molecule has 1 saturated carbocycles. The van der Waals surface area contributed by atoms with Crippen molar-refractivity contribution < 1.29 is 14.2 Å². The molecule has 3 nitrogen and oxygen atoms in total. The van der Waals surface area contributed by atoms with Crippen molar-refractivity contribution in [3.63, 3.8) is 0 Å². The Morgan fingerprint density at radius 2 is 1.72 bits per heavy atom. The highest BCUT2D eigenvalue weighted by Gasteiger charge is 2.44. The molecule has 25 heavy (non-hydrogen) atoms. The van der Waals surface area contributed by atoms with Crippen molar-refractivity contribution in [1.82, 2.24) is 0 Å². The van der Waals surface area contributed by atoms with Gasteiger partial charge in [-0.25, -0.2) is 0 Å². The van der Waals surface area contributed by atoms with Crippen LogP contribution >= 0.6 is 0 Å². The summed E-state index contributed by atoms with van der Waals surface area (Å²) in [6, 6.07) is 5.89. The fraction of sp³-hybridized carbons (Fsp3) is 0.455. The molecule has 1 aromatic carbocycles. The number of ether oxygens (including phenoxy) is 3. The summed E-state index contributed by atoms with van der Waals surface area (Å²) in [6.07, 6.45) is 11.9. The minimum Gasteiger partial charge on any atom is -0.493 e. The number of hydrogen-bond acceptors (Lipinski definition) is 3. The van der Waals surface area contributed by atoms with E-state index in [-0.39, 0.29) is 11.0 Å². The molecule has 1 aliphatic carbocycles. The Morgan fingerprint density at radius 1 is 0.960 bits per heavy atom. The molecule has 1 unspecified atom stereocenters. The SMILES string of the molecule is COc1ccc(/C=C/C2=CC=C3C(C)(C)CCCC3(C)O2)cc1OC. The molecule has 1 aromatic rings. The molecule has 1 atom stereocenters. The van der Waals surface area contributed by atoms with Crippen LogP contribution in [0.15, 0.2) is 47.8 Å². The number of benzene rings is 1. The molecule has 0 amide bonds. The summed E-state index contributed by atoms with van der Waals surface area (Å²) in [7, 11) is 3.29. The van der Waals surface area contributed by atoms with E-state index < -0.39 is 0 Å². The van der Waals surface area contributed by atoms with Crippen LogP contribution in [0.5, 0.6) is 11.5 Å². The van der Waals surface area contributed by atoms with Crippen molar-refractivity contribution in [2.75, 3.05) is 14.2 Å². The van der Waals surface area contributed by atoms with Gasteiger partial charge >= 0.3 is 0 Å². The molecule has 134 valence electrons. The fourth-order valence-corrected chi connectivity index (χ4v) is 4.04. The van der Waals surface area contributed by atoms with Gasteiger partial charge in [0, 0.05) is 0 Å². The average Bonchev–Trinajstić information content (AvgIpc) is 2.58. The topological polar surface area (TPSA) is 27.7 Å². The average molecular weight is 340 g/mol. The summed E-state index contributed by atoms with van der Waals surface area (Å²) in [5.74, 6) is 2.36. The molecule has 3 heteroatoms. The van der Waals surface area contributed by atoms with E-state index in [9.17, 15) is 0 Å². The lowest BCUT2D eigenvalue weighted by atomic mass is 9.65. The van der Waals surface area contributed by atoms with Gasteiger partial charge in [0.25, 0.3) is 0 Å². The van der Waals surface area contributed by atoms with Crippen molar-refractivity contribution in [3.8, 4) is 11.5 Å². The van der Waals surface area contributed by atoms with Crippen molar-refractivity contribution in [2.45, 2.75) is 45.6 Å². The van der Waals surface area contributed by atoms with E-state index in [0.29, 0.717) is 0 Å². The van der Waals surface area contributed by atoms with Crippen LogP contribution in [0.4, 0.5) is 0 Å². The van der Waals surface area contributed by atoms with E-state index in [4.69, 9.17) is 14.2 Å². The maximum atomic E-state index is 6.39. The third-order valence-electron chi connectivity index (χ3n) is 5.36. The largest absolute Gasteiger partial charge is 0.493 e. The maximum Gasteiger partial charge on any atom is 0.161 e. The van der Waals surface area contributed by atoms with E-state index in [2.05, 4.69) is 32.9 Å². The van der Waals surface area contributed by atoms with E-state index in [0.717, 1.165) is 29.2 Å². The van der Waals surface area contributed by atoms with Crippen LogP contribution in [-0.4, -0.2) is 19.8 Å². The predicted octanol–water partition coefficient (Wildman–Crippen LogP) is 5.53. The number of fused-ring (bicyclic) bond motifs is 1. The number of hydrogen-bond donors (Lipinski definition) is 0. The molecular formula is C22H28O3. The van der Waals surface area contributed by atoms with E-state index in [1.54, 1.807) is 14.2 Å². The van der Waals surface area contributed by atoms with Gasteiger partial charge in [-0.1, -0.05) is 32.1 Å². The minimum atomic E-state index is -0.187. The lowest BCUT2D eigenvalue weighted by Crippen LogP contribution is -2.42. The second kappa shape index (κ2) is 6.62. The Labute approximate surface area is 151 Å². The minimum absolute atomic E-state index is 0.187. The Kier molecular flexibility index (Phi) is 4.68. The summed E-state index contributed by atoms with van der Waals surface area (Å²) in [6.45, 7) is 6.85. The van der Waals surface area contributed by atoms with Gasteiger partial charge in [0.2, 0.25) is 0 Å². The molecule has 0 saturated heterocycles. The van der Waals surface area contributed by atoms with Crippen LogP contribution in [0.3, 0.4) is 0 Å². The van der Waals surface area contributed by atoms with Crippen LogP contribution in [0.1, 0.15) is 45.6 Å². The fourth-order valence-electron chi connectivity index (χ4n) is 4.04. The molecule has 1 heterocycles. The zero-order valence-corrected chi connectivity index (χ0v) is 15.9. The standard InChI is InChI=1S/C22H28O3/c1-21(2)13-6-14-22(3)20(21)12-10-17(25-22)9-7-16-8-11-18(23-4)19(15-16)24-5/h7-12,15H,6,13-14H2,1-5H3/b9-7+. The smallest absolute Gasteiger partial charge is 0.161 e. The van der Waals surface area contributed by atoms with Gasteiger partial charge in [-0.3, -0.25) is 0 Å². The summed E-state index contributed by atoms with van der Waals surface area (Å²) in [4.78, 5) is 0. The van der Waals surface area contributed by atoms with Gasteiger partial charge in [0.15, 0.2) is 11.5 Å².